The number of pyridine rings is 1. The van der Waals surface area contributed by atoms with E-state index in [-0.39, 0.29) is 17.8 Å². The number of hydrogen-bond donors (Lipinski definition) is 1. The minimum atomic E-state index is -0.312. The van der Waals surface area contributed by atoms with Crippen LogP contribution in [0.2, 0.25) is 0 Å². The average molecular weight is 450 g/mol. The Bertz CT molecular complexity index is 1150. The molecule has 0 bridgehead atoms. The summed E-state index contributed by atoms with van der Waals surface area (Å²) in [4.78, 5) is 25.1. The predicted molar refractivity (Wildman–Crippen MR) is 123 cm³/mol. The number of nitrogens with one attached hydrogen (secondary N) is 1. The highest BCUT2D eigenvalue weighted by molar-refractivity contribution is 7.15. The molecule has 0 saturated carbocycles. The number of anilines is 1. The van der Waals surface area contributed by atoms with E-state index in [1.165, 1.54) is 23.5 Å². The molecule has 1 aliphatic heterocycles. The number of halogens is 1. The molecule has 0 spiro atoms. The fraction of sp³-hybridized carbons (Fsp3) is 0.333. The van der Waals surface area contributed by atoms with Crippen LogP contribution >= 0.6 is 11.3 Å². The summed E-state index contributed by atoms with van der Waals surface area (Å²) in [6.45, 7) is 5.21. The van der Waals surface area contributed by atoms with Crippen LogP contribution in [0.3, 0.4) is 0 Å². The van der Waals surface area contributed by atoms with E-state index >= 15 is 0 Å². The molecule has 164 valence electrons. The largest absolute Gasteiger partial charge is 0.368 e. The first kappa shape index (κ1) is 21.9. The van der Waals surface area contributed by atoms with Crippen LogP contribution in [-0.2, 0) is 0 Å². The number of hydrogen-bond acceptors (Lipinski definition) is 6. The second-order valence-electron chi connectivity index (χ2n) is 8.00. The number of thiazole rings is 1. The number of carbonyl (C=O) groups excluding carboxylic acids is 1. The molecule has 0 radical (unpaired) electrons. The Balaban J connectivity index is 1.59. The number of nitriles is 1. The molecular formula is C24H24FN5OS. The van der Waals surface area contributed by atoms with Crippen LogP contribution in [0.4, 0.5) is 10.2 Å². The summed E-state index contributed by atoms with van der Waals surface area (Å²) in [5.74, 6) is 0.498. The maximum Gasteiger partial charge on any atom is 0.274 e. The summed E-state index contributed by atoms with van der Waals surface area (Å²) in [6, 6.07) is 13.4. The van der Waals surface area contributed by atoms with Crippen LogP contribution in [-0.4, -0.2) is 39.9 Å². The van der Waals surface area contributed by atoms with Crippen LogP contribution in [0.15, 0.2) is 42.5 Å². The lowest BCUT2D eigenvalue weighted by Crippen LogP contribution is -2.51. The fourth-order valence-corrected chi connectivity index (χ4v) is 5.04. The molecule has 1 saturated heterocycles. The number of nitrogens with zero attached hydrogens (tertiary/aromatic N) is 4. The van der Waals surface area contributed by atoms with E-state index in [4.69, 9.17) is 5.26 Å². The van der Waals surface area contributed by atoms with Gasteiger partial charge in [-0.3, -0.25) is 4.79 Å². The Morgan fingerprint density at radius 3 is 2.81 bits per heavy atom. The van der Waals surface area contributed by atoms with Gasteiger partial charge in [0.1, 0.15) is 29.1 Å². The van der Waals surface area contributed by atoms with E-state index in [0.717, 1.165) is 28.3 Å². The fourth-order valence-electron chi connectivity index (χ4n) is 4.12. The SMILES string of the molecule is Cc1nc(C(=O)N2CCC[C@@H](C)[C@H]2CNc2cccc(C#N)n2)c(-c2ccc(F)cc2)s1. The van der Waals surface area contributed by atoms with Gasteiger partial charge >= 0.3 is 0 Å². The highest BCUT2D eigenvalue weighted by atomic mass is 32.1. The van der Waals surface area contributed by atoms with Crippen LogP contribution in [0.25, 0.3) is 10.4 Å². The number of aryl methyl sites for hydroxylation is 1. The molecule has 3 aromatic rings. The van der Waals surface area contributed by atoms with Gasteiger partial charge in [-0.2, -0.15) is 5.26 Å². The molecule has 8 heteroatoms. The number of likely N-dealkylation sites (tertiary alicyclic amines) is 1. The first-order valence-corrected chi connectivity index (χ1v) is 11.4. The summed E-state index contributed by atoms with van der Waals surface area (Å²) < 4.78 is 13.4. The van der Waals surface area contributed by atoms with E-state index < -0.39 is 0 Å². The van der Waals surface area contributed by atoms with Crippen molar-refractivity contribution in [3.63, 3.8) is 0 Å². The first-order valence-electron chi connectivity index (χ1n) is 10.6. The Hall–Kier alpha value is -3.31. The Morgan fingerprint density at radius 1 is 1.28 bits per heavy atom. The monoisotopic (exact) mass is 449 g/mol. The molecule has 6 nitrogen and oxygen atoms in total. The molecule has 0 aliphatic carbocycles. The van der Waals surface area contributed by atoms with Crippen molar-refractivity contribution in [2.75, 3.05) is 18.4 Å². The van der Waals surface area contributed by atoms with Gasteiger partial charge in [0, 0.05) is 13.1 Å². The van der Waals surface area contributed by atoms with Crippen molar-refractivity contribution >= 4 is 23.1 Å². The van der Waals surface area contributed by atoms with E-state index in [1.807, 2.05) is 24.0 Å². The highest BCUT2D eigenvalue weighted by Crippen LogP contribution is 2.33. The molecule has 1 fully saturated rings. The number of carbonyl (C=O) groups is 1. The van der Waals surface area contributed by atoms with Crippen molar-refractivity contribution in [2.24, 2.45) is 5.92 Å². The maximum atomic E-state index is 13.7. The number of aromatic nitrogens is 2. The van der Waals surface area contributed by atoms with Crippen molar-refractivity contribution in [2.45, 2.75) is 32.7 Å². The summed E-state index contributed by atoms with van der Waals surface area (Å²) in [7, 11) is 0. The third-order valence-corrected chi connectivity index (χ3v) is 6.80. The van der Waals surface area contributed by atoms with Crippen molar-refractivity contribution in [3.05, 3.63) is 64.7 Å². The lowest BCUT2D eigenvalue weighted by Gasteiger charge is -2.40. The molecule has 1 amide bonds. The number of piperidine rings is 1. The molecule has 1 aromatic carbocycles. The summed E-state index contributed by atoms with van der Waals surface area (Å²) in [6.07, 6.45) is 1.96. The highest BCUT2D eigenvalue weighted by Gasteiger charge is 2.34. The lowest BCUT2D eigenvalue weighted by molar-refractivity contribution is 0.0535. The lowest BCUT2D eigenvalue weighted by atomic mass is 9.90. The molecular weight excluding hydrogens is 425 g/mol. The zero-order valence-corrected chi connectivity index (χ0v) is 18.8. The van der Waals surface area contributed by atoms with Gasteiger partial charge in [0.05, 0.1) is 15.9 Å². The number of amides is 1. The Kier molecular flexibility index (Phi) is 6.47. The molecule has 2 atom stereocenters. The number of benzene rings is 1. The summed E-state index contributed by atoms with van der Waals surface area (Å²) in [5, 5.41) is 13.2. The van der Waals surface area contributed by atoms with E-state index in [9.17, 15) is 9.18 Å². The Labute approximate surface area is 190 Å². The zero-order chi connectivity index (χ0) is 22.7. The first-order chi connectivity index (χ1) is 15.5. The van der Waals surface area contributed by atoms with Crippen LogP contribution in [0, 0.1) is 30.0 Å². The van der Waals surface area contributed by atoms with Gasteiger partial charge in [0.25, 0.3) is 5.91 Å². The molecule has 0 unspecified atom stereocenters. The molecule has 1 aliphatic rings. The third-order valence-electron chi connectivity index (χ3n) is 5.78. The van der Waals surface area contributed by atoms with Gasteiger partial charge in [-0.05, 0) is 55.5 Å². The predicted octanol–water partition coefficient (Wildman–Crippen LogP) is 4.88. The maximum absolute atomic E-state index is 13.7. The van der Waals surface area contributed by atoms with Crippen molar-refractivity contribution in [3.8, 4) is 16.5 Å². The number of rotatable bonds is 5. The van der Waals surface area contributed by atoms with Crippen molar-refractivity contribution in [1.82, 2.24) is 14.9 Å². The van der Waals surface area contributed by atoms with Gasteiger partial charge in [-0.1, -0.05) is 25.1 Å². The smallest absolute Gasteiger partial charge is 0.274 e. The minimum absolute atomic E-state index is 0.0353. The van der Waals surface area contributed by atoms with Crippen LogP contribution in [0.1, 0.15) is 41.0 Å². The van der Waals surface area contributed by atoms with Gasteiger partial charge in [-0.25, -0.2) is 14.4 Å². The Morgan fingerprint density at radius 2 is 2.06 bits per heavy atom. The summed E-state index contributed by atoms with van der Waals surface area (Å²) >= 11 is 1.44. The molecule has 32 heavy (non-hydrogen) atoms. The second-order valence-corrected chi connectivity index (χ2v) is 9.21. The van der Waals surface area contributed by atoms with Crippen LogP contribution in [0.5, 0.6) is 0 Å². The van der Waals surface area contributed by atoms with Gasteiger partial charge in [0.2, 0.25) is 0 Å². The quantitative estimate of drug-likeness (QED) is 0.601. The van der Waals surface area contributed by atoms with Gasteiger partial charge < -0.3 is 10.2 Å². The normalized spacial score (nSPS) is 18.2. The second kappa shape index (κ2) is 9.45. The van der Waals surface area contributed by atoms with E-state index in [0.29, 0.717) is 36.2 Å². The van der Waals surface area contributed by atoms with Gasteiger partial charge in [-0.15, -0.1) is 11.3 Å². The summed E-state index contributed by atoms with van der Waals surface area (Å²) in [5.41, 5.74) is 1.56. The van der Waals surface area contributed by atoms with Gasteiger partial charge in [0.15, 0.2) is 0 Å². The van der Waals surface area contributed by atoms with Crippen molar-refractivity contribution < 1.29 is 9.18 Å². The molecule has 2 aromatic heterocycles. The van der Waals surface area contributed by atoms with Crippen molar-refractivity contribution in [1.29, 1.82) is 5.26 Å². The standard InChI is InChI=1S/C24H24FN5OS/c1-15-5-4-12-30(20(15)14-27-21-7-3-6-19(13-26)29-21)24(31)22-23(32-16(2)28-22)17-8-10-18(25)11-9-17/h3,6-11,15,20H,4-5,12,14H2,1-2H3,(H,27,29)/t15-,20-/m1/s1. The molecule has 1 N–H and O–H groups in total. The van der Waals surface area contributed by atoms with Crippen LogP contribution < -0.4 is 5.32 Å². The topological polar surface area (TPSA) is 81.9 Å². The zero-order valence-electron chi connectivity index (χ0n) is 18.0. The van der Waals surface area contributed by atoms with E-state index in [1.54, 1.807) is 24.3 Å². The van der Waals surface area contributed by atoms with E-state index in [2.05, 4.69) is 22.2 Å². The minimum Gasteiger partial charge on any atom is -0.368 e. The molecule has 4 rings (SSSR count). The molecule has 3 heterocycles. The third kappa shape index (κ3) is 4.63. The average Bonchev–Trinajstić information content (AvgIpc) is 3.20.